The molecular formula is C21H27N5O. The van der Waals surface area contributed by atoms with Crippen LogP contribution in [0.4, 0.5) is 0 Å². The minimum atomic E-state index is 0.141. The van der Waals surface area contributed by atoms with Gasteiger partial charge in [-0.1, -0.05) is 18.2 Å². The first-order valence-corrected chi connectivity index (χ1v) is 9.78. The third-order valence-electron chi connectivity index (χ3n) is 5.40. The Labute approximate surface area is 160 Å². The van der Waals surface area contributed by atoms with Crippen LogP contribution in [0.1, 0.15) is 40.4 Å². The molecule has 2 aliphatic heterocycles. The normalized spacial score (nSPS) is 21.2. The number of hydrogen-bond acceptors (Lipinski definition) is 5. The molecule has 0 aliphatic carbocycles. The summed E-state index contributed by atoms with van der Waals surface area (Å²) >= 11 is 0. The molecule has 2 fully saturated rings. The Balaban J connectivity index is 1.35. The van der Waals surface area contributed by atoms with E-state index in [9.17, 15) is 4.79 Å². The molecule has 3 heterocycles. The minimum absolute atomic E-state index is 0.141. The second-order valence-electron chi connectivity index (χ2n) is 7.32. The molecule has 1 unspecified atom stereocenters. The zero-order valence-electron chi connectivity index (χ0n) is 15.6. The number of amides is 1. The van der Waals surface area contributed by atoms with Crippen molar-refractivity contribution in [3.8, 4) is 0 Å². The number of benzene rings is 1. The number of carbonyl (C=O) groups excluding carboxylic acids is 1. The van der Waals surface area contributed by atoms with E-state index in [1.807, 2.05) is 29.3 Å². The van der Waals surface area contributed by atoms with Gasteiger partial charge in [0.25, 0.3) is 5.91 Å². The Bertz CT molecular complexity index is 743. The third kappa shape index (κ3) is 4.53. The summed E-state index contributed by atoms with van der Waals surface area (Å²) in [4.78, 5) is 21.5. The molecule has 0 spiro atoms. The van der Waals surface area contributed by atoms with Crippen molar-refractivity contribution in [2.24, 2.45) is 0 Å². The molecule has 1 amide bonds. The van der Waals surface area contributed by atoms with E-state index in [0.29, 0.717) is 6.04 Å². The van der Waals surface area contributed by atoms with Gasteiger partial charge in [-0.25, -0.2) is 0 Å². The first-order valence-electron chi connectivity index (χ1n) is 9.78. The van der Waals surface area contributed by atoms with Gasteiger partial charge in [0.15, 0.2) is 0 Å². The number of nitrogens with zero attached hydrogens (tertiary/aromatic N) is 3. The molecule has 2 aliphatic rings. The van der Waals surface area contributed by atoms with Crippen LogP contribution in [0.5, 0.6) is 0 Å². The number of nitrogens with one attached hydrogen (secondary N) is 2. The molecule has 142 valence electrons. The van der Waals surface area contributed by atoms with Crippen molar-refractivity contribution in [3.63, 3.8) is 0 Å². The standard InChI is InChI=1S/C21H27N5O/c27-21(19-6-4-18(5-7-19)20-8-10-23-24-20)26-12-2-11-25(13-14-26)16-17-3-1-9-22-15-17/h1,3-7,9,15,20,23-24H,2,8,10-14,16H2. The van der Waals surface area contributed by atoms with Crippen LogP contribution >= 0.6 is 0 Å². The molecule has 0 bridgehead atoms. The lowest BCUT2D eigenvalue weighted by atomic mass is 10.0. The van der Waals surface area contributed by atoms with Crippen LogP contribution < -0.4 is 10.9 Å². The molecule has 2 aromatic rings. The van der Waals surface area contributed by atoms with E-state index in [0.717, 1.165) is 57.7 Å². The van der Waals surface area contributed by atoms with Gasteiger partial charge >= 0.3 is 0 Å². The van der Waals surface area contributed by atoms with Crippen molar-refractivity contribution in [2.75, 3.05) is 32.7 Å². The highest BCUT2D eigenvalue weighted by molar-refractivity contribution is 5.94. The van der Waals surface area contributed by atoms with Gasteiger partial charge in [0, 0.05) is 63.3 Å². The molecule has 1 aromatic heterocycles. The van der Waals surface area contributed by atoms with Crippen LogP contribution in [-0.4, -0.2) is 53.4 Å². The predicted octanol–water partition coefficient (Wildman–Crippen LogP) is 1.97. The number of aromatic nitrogens is 1. The van der Waals surface area contributed by atoms with E-state index in [4.69, 9.17) is 0 Å². The number of hydrazine groups is 1. The van der Waals surface area contributed by atoms with E-state index in [1.165, 1.54) is 11.1 Å². The van der Waals surface area contributed by atoms with Crippen LogP contribution in [0.15, 0.2) is 48.8 Å². The van der Waals surface area contributed by atoms with Gasteiger partial charge in [-0.3, -0.25) is 25.5 Å². The van der Waals surface area contributed by atoms with E-state index in [-0.39, 0.29) is 5.91 Å². The summed E-state index contributed by atoms with van der Waals surface area (Å²) in [5.41, 5.74) is 9.66. The fraction of sp³-hybridized carbons (Fsp3) is 0.429. The van der Waals surface area contributed by atoms with Crippen LogP contribution in [0, 0.1) is 0 Å². The van der Waals surface area contributed by atoms with Gasteiger partial charge < -0.3 is 4.90 Å². The zero-order chi connectivity index (χ0) is 18.5. The first kappa shape index (κ1) is 18.1. The number of hydrogen-bond donors (Lipinski definition) is 2. The van der Waals surface area contributed by atoms with Crippen molar-refractivity contribution in [3.05, 3.63) is 65.5 Å². The minimum Gasteiger partial charge on any atom is -0.337 e. The Kier molecular flexibility index (Phi) is 5.77. The highest BCUT2D eigenvalue weighted by Gasteiger charge is 2.21. The Hall–Kier alpha value is -2.28. The molecule has 6 heteroatoms. The topological polar surface area (TPSA) is 60.5 Å². The fourth-order valence-corrected chi connectivity index (χ4v) is 3.86. The summed E-state index contributed by atoms with van der Waals surface area (Å²) in [5, 5.41) is 0. The molecule has 0 radical (unpaired) electrons. The van der Waals surface area contributed by atoms with Gasteiger partial charge in [-0.2, -0.15) is 0 Å². The van der Waals surface area contributed by atoms with Crippen molar-refractivity contribution in [1.82, 2.24) is 25.6 Å². The number of rotatable bonds is 4. The van der Waals surface area contributed by atoms with E-state index >= 15 is 0 Å². The van der Waals surface area contributed by atoms with Crippen molar-refractivity contribution in [1.29, 1.82) is 0 Å². The van der Waals surface area contributed by atoms with Gasteiger partial charge in [-0.15, -0.1) is 0 Å². The summed E-state index contributed by atoms with van der Waals surface area (Å²) < 4.78 is 0. The van der Waals surface area contributed by atoms with Gasteiger partial charge in [0.1, 0.15) is 0 Å². The lowest BCUT2D eigenvalue weighted by Crippen LogP contribution is -2.35. The van der Waals surface area contributed by atoms with Crippen molar-refractivity contribution >= 4 is 5.91 Å². The van der Waals surface area contributed by atoms with Crippen LogP contribution in [0.2, 0.25) is 0 Å². The Morgan fingerprint density at radius 1 is 1.11 bits per heavy atom. The monoisotopic (exact) mass is 365 g/mol. The quantitative estimate of drug-likeness (QED) is 0.868. The average Bonchev–Trinajstić information content (AvgIpc) is 3.16. The average molecular weight is 365 g/mol. The number of carbonyl (C=O) groups is 1. The largest absolute Gasteiger partial charge is 0.337 e. The highest BCUT2D eigenvalue weighted by atomic mass is 16.2. The van der Waals surface area contributed by atoms with E-state index in [1.54, 1.807) is 6.20 Å². The van der Waals surface area contributed by atoms with E-state index in [2.05, 4.69) is 38.9 Å². The molecule has 2 N–H and O–H groups in total. The van der Waals surface area contributed by atoms with Gasteiger partial charge in [0.05, 0.1) is 0 Å². The lowest BCUT2D eigenvalue weighted by molar-refractivity contribution is 0.0761. The zero-order valence-corrected chi connectivity index (χ0v) is 15.6. The SMILES string of the molecule is O=C(c1ccc(C2CCNN2)cc1)N1CCCN(Cc2cccnc2)CC1. The second kappa shape index (κ2) is 8.61. The van der Waals surface area contributed by atoms with Crippen LogP contribution in [-0.2, 0) is 6.54 Å². The van der Waals surface area contributed by atoms with Gasteiger partial charge in [-0.05, 0) is 42.2 Å². The maximum Gasteiger partial charge on any atom is 0.253 e. The summed E-state index contributed by atoms with van der Waals surface area (Å²) in [5.74, 6) is 0.141. The van der Waals surface area contributed by atoms with Crippen molar-refractivity contribution < 1.29 is 4.79 Å². The molecular weight excluding hydrogens is 338 g/mol. The maximum absolute atomic E-state index is 12.9. The predicted molar refractivity (Wildman–Crippen MR) is 105 cm³/mol. The summed E-state index contributed by atoms with van der Waals surface area (Å²) in [6.45, 7) is 5.38. The number of pyridine rings is 1. The molecule has 0 saturated carbocycles. The molecule has 2 saturated heterocycles. The molecule has 1 aromatic carbocycles. The van der Waals surface area contributed by atoms with E-state index < -0.39 is 0 Å². The molecule has 1 atom stereocenters. The van der Waals surface area contributed by atoms with Crippen LogP contribution in [0.3, 0.4) is 0 Å². The summed E-state index contributed by atoms with van der Waals surface area (Å²) in [6.07, 6.45) is 5.80. The highest BCUT2D eigenvalue weighted by Crippen LogP contribution is 2.20. The summed E-state index contributed by atoms with van der Waals surface area (Å²) in [6, 6.07) is 12.5. The molecule has 6 nitrogen and oxygen atoms in total. The van der Waals surface area contributed by atoms with Gasteiger partial charge in [0.2, 0.25) is 0 Å². The lowest BCUT2D eigenvalue weighted by Gasteiger charge is -2.22. The Morgan fingerprint density at radius 3 is 2.74 bits per heavy atom. The summed E-state index contributed by atoms with van der Waals surface area (Å²) in [7, 11) is 0. The van der Waals surface area contributed by atoms with Crippen LogP contribution in [0.25, 0.3) is 0 Å². The molecule has 4 rings (SSSR count). The first-order chi connectivity index (χ1) is 13.3. The third-order valence-corrected chi connectivity index (χ3v) is 5.40. The molecule has 27 heavy (non-hydrogen) atoms. The smallest absolute Gasteiger partial charge is 0.253 e. The Morgan fingerprint density at radius 2 is 2.00 bits per heavy atom. The fourth-order valence-electron chi connectivity index (χ4n) is 3.86. The maximum atomic E-state index is 12.9. The second-order valence-corrected chi connectivity index (χ2v) is 7.32. The van der Waals surface area contributed by atoms with Crippen molar-refractivity contribution in [2.45, 2.75) is 25.4 Å².